The van der Waals surface area contributed by atoms with Crippen LogP contribution in [0.5, 0.6) is 5.88 Å². The van der Waals surface area contributed by atoms with Gasteiger partial charge in [0, 0.05) is 30.8 Å². The number of ether oxygens (including phenoxy) is 3. The summed E-state index contributed by atoms with van der Waals surface area (Å²) in [6, 6.07) is 2.38. The Labute approximate surface area is 200 Å². The standard InChI is InChI=1S/C24H27F3N4O4/c1-13-3-4-17(25)20(18(13)26)30-21-19(27)22(29-12-28-21)34-11-16-14-7-31(8-15(16)10-33-9-14)23(32)35-24(2)5-6-24/h3-4,12,14-16H,5-11H2,1-2H3,(H,28,29,30). The van der Waals surface area contributed by atoms with Crippen LogP contribution >= 0.6 is 0 Å². The monoisotopic (exact) mass is 492 g/mol. The van der Waals surface area contributed by atoms with Crippen molar-refractivity contribution in [2.24, 2.45) is 17.8 Å². The number of nitrogens with zero attached hydrogens (tertiary/aromatic N) is 3. The fraction of sp³-hybridized carbons (Fsp3) is 0.542. The van der Waals surface area contributed by atoms with Gasteiger partial charge in [0.05, 0.1) is 19.8 Å². The van der Waals surface area contributed by atoms with E-state index in [4.69, 9.17) is 14.2 Å². The minimum atomic E-state index is -0.951. The summed E-state index contributed by atoms with van der Waals surface area (Å²) in [5.74, 6) is -3.36. The largest absolute Gasteiger partial charge is 0.475 e. The van der Waals surface area contributed by atoms with E-state index in [1.165, 1.54) is 13.0 Å². The molecule has 3 heterocycles. The second-order valence-corrected chi connectivity index (χ2v) is 9.78. The van der Waals surface area contributed by atoms with Crippen molar-refractivity contribution in [2.75, 3.05) is 38.2 Å². The van der Waals surface area contributed by atoms with Crippen molar-refractivity contribution in [1.82, 2.24) is 14.9 Å². The van der Waals surface area contributed by atoms with Crippen LogP contribution in [0.4, 0.5) is 29.5 Å². The third-order valence-electron chi connectivity index (χ3n) is 7.03. The van der Waals surface area contributed by atoms with Gasteiger partial charge in [-0.3, -0.25) is 0 Å². The summed E-state index contributed by atoms with van der Waals surface area (Å²) in [4.78, 5) is 21.9. The summed E-state index contributed by atoms with van der Waals surface area (Å²) in [6.45, 7) is 5.39. The van der Waals surface area contributed by atoms with Crippen LogP contribution in [-0.2, 0) is 9.47 Å². The molecule has 188 valence electrons. The zero-order valence-electron chi connectivity index (χ0n) is 19.5. The number of likely N-dealkylation sites (tertiary alicyclic amines) is 1. The molecular formula is C24H27F3N4O4. The third-order valence-corrected chi connectivity index (χ3v) is 7.03. The molecule has 8 nitrogen and oxygen atoms in total. The molecule has 3 aliphatic rings. The molecule has 1 aromatic heterocycles. The van der Waals surface area contributed by atoms with E-state index < -0.39 is 29.0 Å². The number of aryl methyl sites for hydroxylation is 1. The first-order valence-electron chi connectivity index (χ1n) is 11.6. The van der Waals surface area contributed by atoms with Crippen molar-refractivity contribution in [3.8, 4) is 5.88 Å². The average Bonchev–Trinajstić information content (AvgIpc) is 3.55. The second kappa shape index (κ2) is 9.18. The molecule has 2 aromatic rings. The Kier molecular flexibility index (Phi) is 6.20. The Balaban J connectivity index is 1.25. The van der Waals surface area contributed by atoms with E-state index in [1.54, 1.807) is 4.90 Å². The van der Waals surface area contributed by atoms with Crippen molar-refractivity contribution in [3.05, 3.63) is 41.5 Å². The van der Waals surface area contributed by atoms with E-state index in [9.17, 15) is 13.6 Å². The first kappa shape index (κ1) is 23.7. The molecule has 2 saturated heterocycles. The number of rotatable bonds is 6. The number of benzene rings is 1. The van der Waals surface area contributed by atoms with Crippen molar-refractivity contribution in [2.45, 2.75) is 32.3 Å². The SMILES string of the molecule is Cc1ccc(F)c(Nc2ncnc(OCC3C4COCC3CN(C(=O)OC3(C)CC3)C4)c2F)c1F. The molecule has 5 rings (SSSR count). The molecule has 1 amide bonds. The fourth-order valence-corrected chi connectivity index (χ4v) is 4.60. The summed E-state index contributed by atoms with van der Waals surface area (Å²) < 4.78 is 60.5. The maximum atomic E-state index is 15.0. The summed E-state index contributed by atoms with van der Waals surface area (Å²) in [5.41, 5.74) is -0.641. The Morgan fingerprint density at radius 1 is 1.17 bits per heavy atom. The van der Waals surface area contributed by atoms with E-state index in [1.807, 2.05) is 6.92 Å². The predicted molar refractivity (Wildman–Crippen MR) is 119 cm³/mol. The molecule has 2 unspecified atom stereocenters. The molecule has 1 saturated carbocycles. The second-order valence-electron chi connectivity index (χ2n) is 9.78. The van der Waals surface area contributed by atoms with Gasteiger partial charge in [-0.1, -0.05) is 6.07 Å². The highest BCUT2D eigenvalue weighted by Crippen LogP contribution is 2.40. The van der Waals surface area contributed by atoms with Crippen molar-refractivity contribution in [1.29, 1.82) is 0 Å². The van der Waals surface area contributed by atoms with E-state index in [0.29, 0.717) is 26.3 Å². The van der Waals surface area contributed by atoms with Crippen molar-refractivity contribution < 1.29 is 32.2 Å². The quantitative estimate of drug-likeness (QED) is 0.647. The number of carbonyl (C=O) groups is 1. The zero-order chi connectivity index (χ0) is 24.7. The highest BCUT2D eigenvalue weighted by Gasteiger charge is 2.46. The molecular weight excluding hydrogens is 465 g/mol. The van der Waals surface area contributed by atoms with Gasteiger partial charge in [0.1, 0.15) is 23.4 Å². The van der Waals surface area contributed by atoms with Crippen LogP contribution in [0.2, 0.25) is 0 Å². The molecule has 0 radical (unpaired) electrons. The Morgan fingerprint density at radius 3 is 2.57 bits per heavy atom. The van der Waals surface area contributed by atoms with Crippen molar-refractivity contribution >= 4 is 17.6 Å². The number of anilines is 2. The van der Waals surface area contributed by atoms with Crippen molar-refractivity contribution in [3.63, 3.8) is 0 Å². The normalized spacial score (nSPS) is 24.6. The van der Waals surface area contributed by atoms with Gasteiger partial charge < -0.3 is 24.4 Å². The smallest absolute Gasteiger partial charge is 0.410 e. The number of piperidine rings is 1. The lowest BCUT2D eigenvalue weighted by atomic mass is 9.77. The number of carbonyl (C=O) groups excluding carboxylic acids is 1. The minimum Gasteiger partial charge on any atom is -0.475 e. The minimum absolute atomic E-state index is 0.0000359. The molecule has 2 atom stereocenters. The first-order chi connectivity index (χ1) is 16.7. The highest BCUT2D eigenvalue weighted by atomic mass is 19.1. The molecule has 11 heteroatoms. The topological polar surface area (TPSA) is 85.8 Å². The van der Waals surface area contributed by atoms with E-state index in [-0.39, 0.29) is 47.5 Å². The van der Waals surface area contributed by atoms with Crippen LogP contribution in [0.25, 0.3) is 0 Å². The number of aromatic nitrogens is 2. The molecule has 0 spiro atoms. The molecule has 2 bridgehead atoms. The van der Waals surface area contributed by atoms with Gasteiger partial charge in [-0.05, 0) is 38.3 Å². The maximum Gasteiger partial charge on any atom is 0.410 e. The third kappa shape index (κ3) is 4.86. The van der Waals surface area contributed by atoms with Gasteiger partial charge in [-0.15, -0.1) is 0 Å². The van der Waals surface area contributed by atoms with Gasteiger partial charge in [0.25, 0.3) is 5.88 Å². The van der Waals surface area contributed by atoms with Gasteiger partial charge in [-0.2, -0.15) is 9.37 Å². The van der Waals surface area contributed by atoms with Gasteiger partial charge >= 0.3 is 6.09 Å². The lowest BCUT2D eigenvalue weighted by Gasteiger charge is -2.46. The lowest BCUT2D eigenvalue weighted by molar-refractivity contribution is -0.0927. The summed E-state index contributed by atoms with van der Waals surface area (Å²) >= 11 is 0. The molecule has 1 N–H and O–H groups in total. The molecule has 3 fully saturated rings. The number of fused-ring (bicyclic) bond motifs is 2. The summed E-state index contributed by atoms with van der Waals surface area (Å²) in [7, 11) is 0. The van der Waals surface area contributed by atoms with Crippen LogP contribution in [0.3, 0.4) is 0 Å². The van der Waals surface area contributed by atoms with Crippen LogP contribution < -0.4 is 10.1 Å². The summed E-state index contributed by atoms with van der Waals surface area (Å²) in [6.07, 6.45) is 2.51. The van der Waals surface area contributed by atoms with Crippen LogP contribution in [0, 0.1) is 42.1 Å². The van der Waals surface area contributed by atoms with Crippen LogP contribution in [-0.4, -0.2) is 59.5 Å². The number of hydrogen-bond acceptors (Lipinski definition) is 7. The maximum absolute atomic E-state index is 15.0. The van der Waals surface area contributed by atoms with Crippen LogP contribution in [0.1, 0.15) is 25.3 Å². The van der Waals surface area contributed by atoms with Gasteiger partial charge in [0.2, 0.25) is 5.82 Å². The Morgan fingerprint density at radius 2 is 1.89 bits per heavy atom. The number of amides is 1. The number of nitrogens with one attached hydrogen (secondary N) is 1. The predicted octanol–water partition coefficient (Wildman–Crippen LogP) is 4.21. The average molecular weight is 492 g/mol. The Bertz CT molecular complexity index is 1120. The van der Waals surface area contributed by atoms with Gasteiger partial charge in [0.15, 0.2) is 11.6 Å². The fourth-order valence-electron chi connectivity index (χ4n) is 4.60. The molecule has 1 aromatic carbocycles. The molecule has 35 heavy (non-hydrogen) atoms. The summed E-state index contributed by atoms with van der Waals surface area (Å²) in [5, 5.41) is 2.38. The highest BCUT2D eigenvalue weighted by molar-refractivity contribution is 5.68. The molecule has 1 aliphatic carbocycles. The number of halogens is 3. The molecule has 2 aliphatic heterocycles. The van der Waals surface area contributed by atoms with E-state index >= 15 is 4.39 Å². The lowest BCUT2D eigenvalue weighted by Crippen LogP contribution is -2.56. The number of hydrogen-bond donors (Lipinski definition) is 1. The van der Waals surface area contributed by atoms with Gasteiger partial charge in [-0.25, -0.2) is 18.6 Å². The van der Waals surface area contributed by atoms with E-state index in [2.05, 4.69) is 15.3 Å². The Hall–Kier alpha value is -3.08. The van der Waals surface area contributed by atoms with E-state index in [0.717, 1.165) is 25.2 Å². The first-order valence-corrected chi connectivity index (χ1v) is 11.6. The van der Waals surface area contributed by atoms with Crippen LogP contribution in [0.15, 0.2) is 18.5 Å². The zero-order valence-corrected chi connectivity index (χ0v) is 19.5.